The predicted octanol–water partition coefficient (Wildman–Crippen LogP) is 4.58. The molecule has 3 rings (SSSR count). The molecule has 0 aromatic heterocycles. The maximum atomic E-state index is 12.4. The van der Waals surface area contributed by atoms with Crippen LogP contribution in [0.25, 0.3) is 0 Å². The summed E-state index contributed by atoms with van der Waals surface area (Å²) in [5.74, 6) is -0.227. The predicted molar refractivity (Wildman–Crippen MR) is 101 cm³/mol. The lowest BCUT2D eigenvalue weighted by Gasteiger charge is -2.18. The summed E-state index contributed by atoms with van der Waals surface area (Å²) >= 11 is 9.45. The van der Waals surface area contributed by atoms with Crippen LogP contribution in [-0.2, 0) is 4.74 Å². The van der Waals surface area contributed by atoms with Crippen molar-refractivity contribution in [3.05, 3.63) is 57.5 Å². The largest absolute Gasteiger partial charge is 0.380 e. The number of halogens is 2. The Labute approximate surface area is 154 Å². The van der Waals surface area contributed by atoms with Crippen molar-refractivity contribution < 1.29 is 9.53 Å². The molecule has 0 radical (unpaired) electrons. The lowest BCUT2D eigenvalue weighted by Crippen LogP contribution is -2.22. The molecule has 0 aliphatic carbocycles. The van der Waals surface area contributed by atoms with Crippen LogP contribution in [0.4, 0.5) is 11.4 Å². The lowest BCUT2D eigenvalue weighted by molar-refractivity contribution is 0.102. The van der Waals surface area contributed by atoms with Crippen LogP contribution >= 0.6 is 27.5 Å². The van der Waals surface area contributed by atoms with Gasteiger partial charge in [-0.15, -0.1) is 0 Å². The van der Waals surface area contributed by atoms with E-state index in [4.69, 9.17) is 16.3 Å². The number of amides is 1. The quantitative estimate of drug-likeness (QED) is 0.803. The molecule has 1 saturated heterocycles. The summed E-state index contributed by atoms with van der Waals surface area (Å²) in [6.45, 7) is 1.88. The summed E-state index contributed by atoms with van der Waals surface area (Å²) in [5.41, 5.74) is 2.31. The van der Waals surface area contributed by atoms with Crippen LogP contribution < -0.4 is 10.2 Å². The number of ether oxygens (including phenoxy) is 1. The smallest absolute Gasteiger partial charge is 0.257 e. The van der Waals surface area contributed by atoms with Crippen molar-refractivity contribution in [3.63, 3.8) is 0 Å². The maximum Gasteiger partial charge on any atom is 0.257 e. The van der Waals surface area contributed by atoms with Gasteiger partial charge in [-0.2, -0.15) is 0 Å². The molecule has 1 fully saturated rings. The standard InChI is InChI=1S/C18H18BrClN2O2/c1-24-15-8-9-22(11-15)14-5-3-13(4-6-14)21-18(23)16-10-12(19)2-7-17(16)20/h2-7,10,15H,8-9,11H2,1H3,(H,21,23)/t15-/m1/s1. The third-order valence-corrected chi connectivity index (χ3v) is 4.96. The summed E-state index contributed by atoms with van der Waals surface area (Å²) in [7, 11) is 1.75. The van der Waals surface area contributed by atoms with Crippen LogP contribution in [0.1, 0.15) is 16.8 Å². The van der Waals surface area contributed by atoms with Crippen molar-refractivity contribution in [3.8, 4) is 0 Å². The Kier molecular flexibility index (Phi) is 5.43. The molecule has 1 heterocycles. The summed E-state index contributed by atoms with van der Waals surface area (Å²) < 4.78 is 6.21. The minimum Gasteiger partial charge on any atom is -0.380 e. The number of hydrogen-bond acceptors (Lipinski definition) is 3. The van der Waals surface area contributed by atoms with Gasteiger partial charge in [-0.25, -0.2) is 0 Å². The minimum absolute atomic E-state index is 0.227. The molecule has 1 aliphatic rings. The van der Waals surface area contributed by atoms with Gasteiger partial charge in [-0.3, -0.25) is 4.79 Å². The molecule has 126 valence electrons. The van der Waals surface area contributed by atoms with Gasteiger partial charge in [0.25, 0.3) is 5.91 Å². The highest BCUT2D eigenvalue weighted by Crippen LogP contribution is 2.25. The van der Waals surface area contributed by atoms with Crippen LogP contribution in [0.15, 0.2) is 46.9 Å². The van der Waals surface area contributed by atoms with Crippen molar-refractivity contribution in [2.45, 2.75) is 12.5 Å². The molecule has 6 heteroatoms. The Hall–Kier alpha value is -1.56. The number of hydrogen-bond donors (Lipinski definition) is 1. The maximum absolute atomic E-state index is 12.4. The van der Waals surface area contributed by atoms with Crippen molar-refractivity contribution >= 4 is 44.8 Å². The van der Waals surface area contributed by atoms with Gasteiger partial charge in [-0.1, -0.05) is 27.5 Å². The van der Waals surface area contributed by atoms with Gasteiger partial charge in [0.1, 0.15) is 0 Å². The second-order valence-corrected chi connectivity index (χ2v) is 7.04. The van der Waals surface area contributed by atoms with Crippen molar-refractivity contribution in [2.75, 3.05) is 30.4 Å². The van der Waals surface area contributed by atoms with Gasteiger partial charge < -0.3 is 15.0 Å². The van der Waals surface area contributed by atoms with E-state index in [1.807, 2.05) is 24.3 Å². The van der Waals surface area contributed by atoms with Crippen LogP contribution in [0.2, 0.25) is 5.02 Å². The highest BCUT2D eigenvalue weighted by atomic mass is 79.9. The minimum atomic E-state index is -0.227. The zero-order valence-electron chi connectivity index (χ0n) is 13.3. The van der Waals surface area contributed by atoms with E-state index >= 15 is 0 Å². The zero-order valence-corrected chi connectivity index (χ0v) is 15.6. The topological polar surface area (TPSA) is 41.6 Å². The molecular formula is C18H18BrClN2O2. The van der Waals surface area contributed by atoms with Crippen molar-refractivity contribution in [2.24, 2.45) is 0 Å². The van der Waals surface area contributed by atoms with E-state index in [-0.39, 0.29) is 5.91 Å². The third-order valence-electron chi connectivity index (χ3n) is 4.14. The van der Waals surface area contributed by atoms with Crippen LogP contribution in [0.3, 0.4) is 0 Å². The Morgan fingerprint density at radius 1 is 1.29 bits per heavy atom. The fourth-order valence-electron chi connectivity index (χ4n) is 2.78. The first kappa shape index (κ1) is 17.3. The van der Waals surface area contributed by atoms with Crippen LogP contribution in [0.5, 0.6) is 0 Å². The van der Waals surface area contributed by atoms with E-state index < -0.39 is 0 Å². The first-order chi connectivity index (χ1) is 11.6. The van der Waals surface area contributed by atoms with Gasteiger partial charge in [0.2, 0.25) is 0 Å². The molecule has 2 aromatic rings. The molecule has 1 aliphatic heterocycles. The molecule has 0 spiro atoms. The molecule has 1 N–H and O–H groups in total. The number of anilines is 2. The number of carbonyl (C=O) groups excluding carboxylic acids is 1. The van der Waals surface area contributed by atoms with Crippen LogP contribution in [-0.4, -0.2) is 32.2 Å². The second kappa shape index (κ2) is 7.55. The highest BCUT2D eigenvalue weighted by Gasteiger charge is 2.22. The summed E-state index contributed by atoms with van der Waals surface area (Å²) in [5, 5.41) is 3.30. The molecule has 1 atom stereocenters. The first-order valence-electron chi connectivity index (χ1n) is 7.71. The number of benzene rings is 2. The van der Waals surface area contributed by atoms with Gasteiger partial charge in [0, 0.05) is 36.0 Å². The molecular weight excluding hydrogens is 392 g/mol. The normalized spacial score (nSPS) is 17.1. The van der Waals surface area contributed by atoms with E-state index in [1.165, 1.54) is 0 Å². The monoisotopic (exact) mass is 408 g/mol. The highest BCUT2D eigenvalue weighted by molar-refractivity contribution is 9.10. The lowest BCUT2D eigenvalue weighted by atomic mass is 10.2. The van der Waals surface area contributed by atoms with E-state index in [1.54, 1.807) is 25.3 Å². The van der Waals surface area contributed by atoms with Gasteiger partial charge in [0.15, 0.2) is 0 Å². The fourth-order valence-corrected chi connectivity index (χ4v) is 3.35. The fraction of sp³-hybridized carbons (Fsp3) is 0.278. The molecule has 0 bridgehead atoms. The van der Waals surface area contributed by atoms with E-state index in [9.17, 15) is 4.79 Å². The Morgan fingerprint density at radius 3 is 2.71 bits per heavy atom. The number of nitrogens with one attached hydrogen (secondary N) is 1. The Balaban J connectivity index is 1.68. The van der Waals surface area contributed by atoms with E-state index in [0.29, 0.717) is 16.7 Å². The van der Waals surface area contributed by atoms with Crippen molar-refractivity contribution in [1.82, 2.24) is 0 Å². The number of methoxy groups -OCH3 is 1. The molecule has 2 aromatic carbocycles. The van der Waals surface area contributed by atoms with Crippen molar-refractivity contribution in [1.29, 1.82) is 0 Å². The number of nitrogens with zero attached hydrogens (tertiary/aromatic N) is 1. The first-order valence-corrected chi connectivity index (χ1v) is 8.88. The van der Waals surface area contributed by atoms with Gasteiger partial charge >= 0.3 is 0 Å². The Bertz CT molecular complexity index is 736. The number of carbonyl (C=O) groups is 1. The second-order valence-electron chi connectivity index (χ2n) is 5.72. The molecule has 1 amide bonds. The van der Waals surface area contributed by atoms with E-state index in [0.717, 1.165) is 35.4 Å². The SMILES string of the molecule is CO[C@@H]1CCN(c2ccc(NC(=O)c3cc(Br)ccc3Cl)cc2)C1. The zero-order chi connectivity index (χ0) is 17.1. The summed E-state index contributed by atoms with van der Waals surface area (Å²) in [4.78, 5) is 14.6. The van der Waals surface area contributed by atoms with Crippen LogP contribution in [0, 0.1) is 0 Å². The molecule has 4 nitrogen and oxygen atoms in total. The third kappa shape index (κ3) is 3.91. The Morgan fingerprint density at radius 2 is 2.04 bits per heavy atom. The average molecular weight is 410 g/mol. The molecule has 24 heavy (non-hydrogen) atoms. The summed E-state index contributed by atoms with van der Waals surface area (Å²) in [6, 6.07) is 13.0. The molecule has 0 unspecified atom stereocenters. The molecule has 0 saturated carbocycles. The van der Waals surface area contributed by atoms with E-state index in [2.05, 4.69) is 26.1 Å². The van der Waals surface area contributed by atoms with Gasteiger partial charge in [-0.05, 0) is 48.9 Å². The summed E-state index contributed by atoms with van der Waals surface area (Å²) in [6.07, 6.45) is 1.33. The number of rotatable bonds is 4. The van der Waals surface area contributed by atoms with Gasteiger partial charge in [0.05, 0.1) is 16.7 Å². The average Bonchev–Trinajstić information content (AvgIpc) is 3.07.